The predicted octanol–water partition coefficient (Wildman–Crippen LogP) is 4.49. The molecule has 0 saturated heterocycles. The van der Waals surface area contributed by atoms with E-state index in [1.165, 1.54) is 5.56 Å². The largest absolute Gasteiger partial charge is 0.313 e. The van der Waals surface area contributed by atoms with Crippen LogP contribution in [0.4, 0.5) is 0 Å². The van der Waals surface area contributed by atoms with Crippen molar-refractivity contribution in [2.75, 3.05) is 7.05 Å². The van der Waals surface area contributed by atoms with E-state index in [0.29, 0.717) is 6.04 Å². The second-order valence-corrected chi connectivity index (χ2v) is 6.96. The molecule has 1 atom stereocenters. The second kappa shape index (κ2) is 6.87. The van der Waals surface area contributed by atoms with Crippen LogP contribution in [-0.2, 0) is 6.42 Å². The summed E-state index contributed by atoms with van der Waals surface area (Å²) >= 11 is 7.08. The third-order valence-electron chi connectivity index (χ3n) is 3.24. The molecule has 1 heterocycles. The van der Waals surface area contributed by atoms with Crippen LogP contribution in [0, 0.1) is 0 Å². The molecule has 0 bridgehead atoms. The van der Waals surface area contributed by atoms with E-state index < -0.39 is 0 Å². The molecule has 0 spiro atoms. The SMILES string of the molecule is CNC(Cc1ccn(C(C)C)n1)c1cc(Br)cc(Br)c1. The number of likely N-dealkylation sites (N-methyl/N-ethyl adjacent to an activating group) is 1. The van der Waals surface area contributed by atoms with Crippen molar-refractivity contribution in [2.24, 2.45) is 0 Å². The van der Waals surface area contributed by atoms with Crippen LogP contribution in [-0.4, -0.2) is 16.8 Å². The van der Waals surface area contributed by atoms with Gasteiger partial charge >= 0.3 is 0 Å². The first-order chi connectivity index (χ1) is 9.49. The Morgan fingerprint density at radius 2 is 1.85 bits per heavy atom. The van der Waals surface area contributed by atoms with E-state index in [9.17, 15) is 0 Å². The molecular weight excluding hydrogens is 382 g/mol. The van der Waals surface area contributed by atoms with Crippen LogP contribution < -0.4 is 5.32 Å². The summed E-state index contributed by atoms with van der Waals surface area (Å²) in [5.41, 5.74) is 2.35. The third-order valence-corrected chi connectivity index (χ3v) is 4.16. The summed E-state index contributed by atoms with van der Waals surface area (Å²) < 4.78 is 4.16. The number of nitrogens with zero attached hydrogens (tertiary/aromatic N) is 2. The van der Waals surface area contributed by atoms with Gasteiger partial charge in [0.2, 0.25) is 0 Å². The monoisotopic (exact) mass is 399 g/mol. The molecule has 5 heteroatoms. The van der Waals surface area contributed by atoms with E-state index in [1.807, 2.05) is 24.0 Å². The Morgan fingerprint density at radius 3 is 2.35 bits per heavy atom. The first kappa shape index (κ1) is 15.7. The van der Waals surface area contributed by atoms with Gasteiger partial charge in [0.05, 0.1) is 5.69 Å². The molecule has 108 valence electrons. The lowest BCUT2D eigenvalue weighted by atomic mass is 10.0. The van der Waals surface area contributed by atoms with Crippen molar-refractivity contribution in [1.29, 1.82) is 0 Å². The molecule has 20 heavy (non-hydrogen) atoms. The van der Waals surface area contributed by atoms with Crippen LogP contribution in [0.2, 0.25) is 0 Å². The van der Waals surface area contributed by atoms with Gasteiger partial charge in [0.15, 0.2) is 0 Å². The summed E-state index contributed by atoms with van der Waals surface area (Å²) in [5, 5.41) is 7.99. The zero-order valence-electron chi connectivity index (χ0n) is 11.9. The van der Waals surface area contributed by atoms with Crippen molar-refractivity contribution in [3.63, 3.8) is 0 Å². The van der Waals surface area contributed by atoms with Gasteiger partial charge in [-0.25, -0.2) is 0 Å². The van der Waals surface area contributed by atoms with Crippen molar-refractivity contribution in [2.45, 2.75) is 32.4 Å². The predicted molar refractivity (Wildman–Crippen MR) is 90.0 cm³/mol. The molecule has 0 saturated carbocycles. The van der Waals surface area contributed by atoms with Crippen LogP contribution in [0.15, 0.2) is 39.4 Å². The Balaban J connectivity index is 2.19. The van der Waals surface area contributed by atoms with Gasteiger partial charge in [0.1, 0.15) is 0 Å². The molecule has 1 N–H and O–H groups in total. The summed E-state index contributed by atoms with van der Waals surface area (Å²) in [7, 11) is 1.99. The van der Waals surface area contributed by atoms with E-state index >= 15 is 0 Å². The highest BCUT2D eigenvalue weighted by Gasteiger charge is 2.13. The minimum absolute atomic E-state index is 0.249. The fourth-order valence-electron chi connectivity index (χ4n) is 2.15. The average molecular weight is 401 g/mol. The zero-order chi connectivity index (χ0) is 14.7. The number of aromatic nitrogens is 2. The van der Waals surface area contributed by atoms with Crippen LogP contribution >= 0.6 is 31.9 Å². The molecule has 1 aromatic carbocycles. The summed E-state index contributed by atoms with van der Waals surface area (Å²) in [6, 6.07) is 9.08. The van der Waals surface area contributed by atoms with Gasteiger partial charge in [0.25, 0.3) is 0 Å². The Labute approximate surface area is 137 Å². The topological polar surface area (TPSA) is 29.9 Å². The molecule has 2 rings (SSSR count). The number of benzene rings is 1. The van der Waals surface area contributed by atoms with Crippen LogP contribution in [0.3, 0.4) is 0 Å². The quantitative estimate of drug-likeness (QED) is 0.800. The maximum atomic E-state index is 4.62. The minimum Gasteiger partial charge on any atom is -0.313 e. The van der Waals surface area contributed by atoms with Crippen molar-refractivity contribution >= 4 is 31.9 Å². The van der Waals surface area contributed by atoms with Crippen molar-refractivity contribution in [3.05, 3.63) is 50.7 Å². The molecule has 0 radical (unpaired) electrons. The lowest BCUT2D eigenvalue weighted by molar-refractivity contribution is 0.515. The van der Waals surface area contributed by atoms with Crippen LogP contribution in [0.25, 0.3) is 0 Å². The first-order valence-electron chi connectivity index (χ1n) is 6.67. The van der Waals surface area contributed by atoms with Gasteiger partial charge in [-0.3, -0.25) is 4.68 Å². The minimum atomic E-state index is 0.249. The molecule has 0 amide bonds. The third kappa shape index (κ3) is 3.93. The molecule has 1 aromatic heterocycles. The van der Waals surface area contributed by atoms with Gasteiger partial charge in [-0.2, -0.15) is 5.10 Å². The van der Waals surface area contributed by atoms with E-state index in [1.54, 1.807) is 0 Å². The lowest BCUT2D eigenvalue weighted by Gasteiger charge is -2.16. The van der Waals surface area contributed by atoms with Gasteiger partial charge in [-0.1, -0.05) is 31.9 Å². The molecule has 3 nitrogen and oxygen atoms in total. The highest BCUT2D eigenvalue weighted by Crippen LogP contribution is 2.26. The Bertz CT molecular complexity index is 558. The second-order valence-electron chi connectivity index (χ2n) is 5.13. The summed E-state index contributed by atoms with van der Waals surface area (Å²) in [6.07, 6.45) is 2.92. The van der Waals surface area contributed by atoms with Crippen molar-refractivity contribution in [3.8, 4) is 0 Å². The first-order valence-corrected chi connectivity index (χ1v) is 8.25. The summed E-state index contributed by atoms with van der Waals surface area (Å²) in [4.78, 5) is 0. The van der Waals surface area contributed by atoms with Gasteiger partial charge in [-0.15, -0.1) is 0 Å². The number of nitrogens with one attached hydrogen (secondary N) is 1. The van der Waals surface area contributed by atoms with Crippen molar-refractivity contribution in [1.82, 2.24) is 15.1 Å². The molecule has 0 aliphatic carbocycles. The number of rotatable bonds is 5. The highest BCUT2D eigenvalue weighted by molar-refractivity contribution is 9.11. The maximum Gasteiger partial charge on any atom is 0.0643 e. The zero-order valence-corrected chi connectivity index (χ0v) is 15.1. The summed E-state index contributed by atoms with van der Waals surface area (Å²) in [6.45, 7) is 4.27. The standard InChI is InChI=1S/C15H19Br2N3/c1-10(2)20-5-4-14(19-20)9-15(18-3)11-6-12(16)8-13(17)7-11/h4-8,10,15,18H,9H2,1-3H3. The maximum absolute atomic E-state index is 4.62. The Morgan fingerprint density at radius 1 is 1.20 bits per heavy atom. The molecule has 1 unspecified atom stereocenters. The Hall–Kier alpha value is -0.650. The van der Waals surface area contributed by atoms with E-state index in [0.717, 1.165) is 21.1 Å². The van der Waals surface area contributed by atoms with E-state index in [-0.39, 0.29) is 6.04 Å². The normalized spacial score (nSPS) is 12.9. The molecule has 2 aromatic rings. The van der Waals surface area contributed by atoms with E-state index in [4.69, 9.17) is 0 Å². The fraction of sp³-hybridized carbons (Fsp3) is 0.400. The molecule has 0 fully saturated rings. The molecular formula is C15H19Br2N3. The van der Waals surface area contributed by atoms with Crippen LogP contribution in [0.5, 0.6) is 0 Å². The van der Waals surface area contributed by atoms with Crippen molar-refractivity contribution < 1.29 is 0 Å². The Kier molecular flexibility index (Phi) is 5.41. The number of hydrogen-bond donors (Lipinski definition) is 1. The molecule has 0 aliphatic rings. The lowest BCUT2D eigenvalue weighted by Crippen LogP contribution is -2.19. The fourth-order valence-corrected chi connectivity index (χ4v) is 3.48. The van der Waals surface area contributed by atoms with Crippen LogP contribution in [0.1, 0.15) is 37.2 Å². The van der Waals surface area contributed by atoms with E-state index in [2.05, 4.69) is 74.3 Å². The number of hydrogen-bond acceptors (Lipinski definition) is 2. The smallest absolute Gasteiger partial charge is 0.0643 e. The average Bonchev–Trinajstić information content (AvgIpc) is 2.83. The molecule has 0 aliphatic heterocycles. The highest BCUT2D eigenvalue weighted by atomic mass is 79.9. The number of halogens is 2. The van der Waals surface area contributed by atoms with Gasteiger partial charge in [0, 0.05) is 33.6 Å². The summed E-state index contributed by atoms with van der Waals surface area (Å²) in [5.74, 6) is 0. The van der Waals surface area contributed by atoms with Gasteiger partial charge < -0.3 is 5.32 Å². The van der Waals surface area contributed by atoms with Gasteiger partial charge in [-0.05, 0) is 50.7 Å².